The van der Waals surface area contributed by atoms with E-state index in [1.54, 1.807) is 0 Å². The number of halogens is 1. The van der Waals surface area contributed by atoms with Gasteiger partial charge in [0.2, 0.25) is 5.95 Å². The number of fused-ring (bicyclic) bond motifs is 1. The van der Waals surface area contributed by atoms with E-state index in [1.165, 1.54) is 0 Å². The molecule has 1 aromatic heterocycles. The quantitative estimate of drug-likeness (QED) is 0.695. The van der Waals surface area contributed by atoms with Crippen LogP contribution in [0.2, 0.25) is 5.02 Å². The monoisotopic (exact) mass is 326 g/mol. The van der Waals surface area contributed by atoms with E-state index < -0.39 is 0 Å². The first kappa shape index (κ1) is 15.6. The highest BCUT2D eigenvalue weighted by Gasteiger charge is 2.09. The Bertz CT molecular complexity index is 846. The number of hydrogen-bond acceptors (Lipinski definition) is 4. The largest absolute Gasteiger partial charge is 0.367 e. The lowest BCUT2D eigenvalue weighted by atomic mass is 10.2. The Kier molecular flexibility index (Phi) is 4.35. The molecule has 0 unspecified atom stereocenters. The third-order valence-corrected chi connectivity index (χ3v) is 3.86. The van der Waals surface area contributed by atoms with Gasteiger partial charge in [0.1, 0.15) is 5.82 Å². The van der Waals surface area contributed by atoms with Gasteiger partial charge >= 0.3 is 0 Å². The Morgan fingerprint density at radius 2 is 1.83 bits per heavy atom. The maximum atomic E-state index is 6.18. The highest BCUT2D eigenvalue weighted by molar-refractivity contribution is 6.31. The van der Waals surface area contributed by atoms with Crippen molar-refractivity contribution < 1.29 is 0 Å². The molecule has 3 rings (SSSR count). The van der Waals surface area contributed by atoms with Gasteiger partial charge in [0.25, 0.3) is 0 Å². The molecule has 4 nitrogen and oxygen atoms in total. The van der Waals surface area contributed by atoms with Crippen LogP contribution in [0, 0.1) is 6.92 Å². The third kappa shape index (κ3) is 3.54. The van der Waals surface area contributed by atoms with E-state index in [1.807, 2.05) is 49.4 Å². The maximum absolute atomic E-state index is 6.18. The molecule has 3 aromatic rings. The molecule has 1 heterocycles. The Labute approximate surface area is 140 Å². The van der Waals surface area contributed by atoms with E-state index in [0.717, 1.165) is 33.0 Å². The zero-order valence-corrected chi connectivity index (χ0v) is 14.1. The van der Waals surface area contributed by atoms with Gasteiger partial charge in [-0.1, -0.05) is 29.8 Å². The number of benzene rings is 2. The lowest BCUT2D eigenvalue weighted by molar-refractivity contribution is 0.891. The van der Waals surface area contributed by atoms with Gasteiger partial charge in [-0.15, -0.1) is 0 Å². The number of aromatic nitrogens is 2. The number of para-hydroxylation sites is 1. The van der Waals surface area contributed by atoms with Crippen LogP contribution in [0.25, 0.3) is 10.9 Å². The van der Waals surface area contributed by atoms with E-state index in [4.69, 9.17) is 11.6 Å². The van der Waals surface area contributed by atoms with E-state index in [9.17, 15) is 0 Å². The first-order valence-electron chi connectivity index (χ1n) is 7.59. The second kappa shape index (κ2) is 6.42. The summed E-state index contributed by atoms with van der Waals surface area (Å²) < 4.78 is 0. The molecule has 0 aliphatic carbocycles. The number of nitrogens with zero attached hydrogens (tertiary/aromatic N) is 2. The highest BCUT2D eigenvalue weighted by atomic mass is 35.5. The molecule has 0 saturated carbocycles. The number of rotatable bonds is 4. The molecule has 0 fully saturated rings. The Morgan fingerprint density at radius 1 is 1.04 bits per heavy atom. The average molecular weight is 327 g/mol. The van der Waals surface area contributed by atoms with Crippen molar-refractivity contribution in [2.75, 3.05) is 10.6 Å². The zero-order valence-electron chi connectivity index (χ0n) is 13.4. The van der Waals surface area contributed by atoms with Gasteiger partial charge in [-0.2, -0.15) is 4.98 Å². The topological polar surface area (TPSA) is 49.8 Å². The summed E-state index contributed by atoms with van der Waals surface area (Å²) in [6, 6.07) is 14.1. The van der Waals surface area contributed by atoms with Gasteiger partial charge in [0.15, 0.2) is 0 Å². The summed E-state index contributed by atoms with van der Waals surface area (Å²) in [5, 5.41) is 8.34. The number of aryl methyl sites for hydroxylation is 1. The van der Waals surface area contributed by atoms with Crippen LogP contribution in [0.15, 0.2) is 42.5 Å². The fraction of sp³-hybridized carbons (Fsp3) is 0.222. The summed E-state index contributed by atoms with van der Waals surface area (Å²) in [5.41, 5.74) is 2.80. The smallest absolute Gasteiger partial charge is 0.229 e. The van der Waals surface area contributed by atoms with Crippen LogP contribution < -0.4 is 10.6 Å². The Balaban J connectivity index is 2.01. The first-order chi connectivity index (χ1) is 11.0. The van der Waals surface area contributed by atoms with Crippen molar-refractivity contribution in [2.45, 2.75) is 26.8 Å². The molecule has 23 heavy (non-hydrogen) atoms. The van der Waals surface area contributed by atoms with Crippen molar-refractivity contribution in [1.29, 1.82) is 0 Å². The molecule has 0 atom stereocenters. The van der Waals surface area contributed by atoms with Crippen molar-refractivity contribution in [3.8, 4) is 0 Å². The van der Waals surface area contributed by atoms with Crippen molar-refractivity contribution in [2.24, 2.45) is 0 Å². The fourth-order valence-electron chi connectivity index (χ4n) is 2.32. The molecule has 0 amide bonds. The SMILES string of the molecule is Cc1ccc(Nc2nc(NC(C)C)c3ccccc3n2)cc1Cl. The van der Waals surface area contributed by atoms with Crippen LogP contribution in [0.1, 0.15) is 19.4 Å². The number of nitrogens with one attached hydrogen (secondary N) is 2. The fourth-order valence-corrected chi connectivity index (χ4v) is 2.50. The summed E-state index contributed by atoms with van der Waals surface area (Å²) >= 11 is 6.18. The van der Waals surface area contributed by atoms with Crippen LogP contribution in [0.4, 0.5) is 17.5 Å². The molecule has 118 valence electrons. The van der Waals surface area contributed by atoms with Gasteiger partial charge in [0.05, 0.1) is 5.52 Å². The van der Waals surface area contributed by atoms with Gasteiger partial charge in [-0.25, -0.2) is 4.98 Å². The standard InChI is InChI=1S/C18H19ClN4/c1-11(2)20-17-14-6-4-5-7-16(14)22-18(23-17)21-13-9-8-12(3)15(19)10-13/h4-11H,1-3H3,(H2,20,21,22,23). The second-order valence-corrected chi connectivity index (χ2v) is 6.21. The predicted octanol–water partition coefficient (Wildman–Crippen LogP) is 5.16. The van der Waals surface area contributed by atoms with E-state index in [2.05, 4.69) is 34.4 Å². The molecular weight excluding hydrogens is 308 g/mol. The highest BCUT2D eigenvalue weighted by Crippen LogP contribution is 2.26. The van der Waals surface area contributed by atoms with Crippen molar-refractivity contribution in [1.82, 2.24) is 9.97 Å². The van der Waals surface area contributed by atoms with Gasteiger partial charge in [-0.05, 0) is 50.6 Å². The van der Waals surface area contributed by atoms with Gasteiger partial charge < -0.3 is 10.6 Å². The summed E-state index contributed by atoms with van der Waals surface area (Å²) in [4.78, 5) is 9.20. The average Bonchev–Trinajstić information content (AvgIpc) is 2.50. The summed E-state index contributed by atoms with van der Waals surface area (Å²) in [6.45, 7) is 6.15. The summed E-state index contributed by atoms with van der Waals surface area (Å²) in [6.07, 6.45) is 0. The minimum Gasteiger partial charge on any atom is -0.367 e. The second-order valence-electron chi connectivity index (χ2n) is 5.80. The molecule has 5 heteroatoms. The van der Waals surface area contributed by atoms with Crippen LogP contribution in [0.5, 0.6) is 0 Å². The first-order valence-corrected chi connectivity index (χ1v) is 7.97. The lowest BCUT2D eigenvalue weighted by Crippen LogP contribution is -2.12. The van der Waals surface area contributed by atoms with Crippen LogP contribution in [-0.4, -0.2) is 16.0 Å². The molecule has 2 aromatic carbocycles. The zero-order chi connectivity index (χ0) is 16.4. The van der Waals surface area contributed by atoms with Crippen LogP contribution in [-0.2, 0) is 0 Å². The van der Waals surface area contributed by atoms with E-state index >= 15 is 0 Å². The minimum absolute atomic E-state index is 0.287. The van der Waals surface area contributed by atoms with Crippen molar-refractivity contribution in [3.05, 3.63) is 53.1 Å². The number of anilines is 3. The molecule has 2 N–H and O–H groups in total. The van der Waals surface area contributed by atoms with Crippen molar-refractivity contribution in [3.63, 3.8) is 0 Å². The van der Waals surface area contributed by atoms with Crippen LogP contribution in [0.3, 0.4) is 0 Å². The summed E-state index contributed by atoms with van der Waals surface area (Å²) in [5.74, 6) is 1.37. The van der Waals surface area contributed by atoms with Gasteiger partial charge in [-0.3, -0.25) is 0 Å². The molecule has 0 radical (unpaired) electrons. The molecule has 0 saturated heterocycles. The van der Waals surface area contributed by atoms with Crippen molar-refractivity contribution >= 4 is 40.0 Å². The van der Waals surface area contributed by atoms with Gasteiger partial charge in [0, 0.05) is 22.1 Å². The van der Waals surface area contributed by atoms with E-state index in [0.29, 0.717) is 5.95 Å². The molecule has 0 aliphatic rings. The molecular formula is C18H19ClN4. The Morgan fingerprint density at radius 3 is 2.57 bits per heavy atom. The minimum atomic E-state index is 0.287. The number of hydrogen-bond donors (Lipinski definition) is 2. The molecule has 0 aliphatic heterocycles. The Hall–Kier alpha value is -2.33. The van der Waals surface area contributed by atoms with Crippen LogP contribution >= 0.6 is 11.6 Å². The third-order valence-electron chi connectivity index (χ3n) is 3.46. The van der Waals surface area contributed by atoms with E-state index in [-0.39, 0.29) is 6.04 Å². The maximum Gasteiger partial charge on any atom is 0.229 e. The predicted molar refractivity (Wildman–Crippen MR) is 97.8 cm³/mol. The normalized spacial score (nSPS) is 11.0. The molecule has 0 spiro atoms. The molecule has 0 bridgehead atoms. The summed E-state index contributed by atoms with van der Waals surface area (Å²) in [7, 11) is 0. The lowest BCUT2D eigenvalue weighted by Gasteiger charge is -2.14.